The molecule has 0 atom stereocenters. The van der Waals surface area contributed by atoms with E-state index in [2.05, 4.69) is 10.0 Å². The third-order valence-corrected chi connectivity index (χ3v) is 4.74. The number of amides is 1. The van der Waals surface area contributed by atoms with Crippen LogP contribution in [-0.2, 0) is 10.0 Å². The third kappa shape index (κ3) is 4.79. The number of sulfonamides is 1. The van der Waals surface area contributed by atoms with Crippen molar-refractivity contribution in [3.05, 3.63) is 59.9 Å². The number of hydrogen-bond acceptors (Lipinski definition) is 3. The van der Waals surface area contributed by atoms with Crippen molar-refractivity contribution in [2.24, 2.45) is 0 Å². The minimum Gasteiger partial charge on any atom is -0.352 e. The molecule has 0 aliphatic heterocycles. The number of rotatable bonds is 7. The van der Waals surface area contributed by atoms with Gasteiger partial charge in [-0.3, -0.25) is 9.52 Å². The minimum atomic E-state index is -3.79. The summed E-state index contributed by atoms with van der Waals surface area (Å²) >= 11 is 0. The molecule has 2 aromatic rings. The summed E-state index contributed by atoms with van der Waals surface area (Å²) in [6.45, 7) is 2.61. The van der Waals surface area contributed by atoms with E-state index in [1.54, 1.807) is 0 Å². The third-order valence-electron chi connectivity index (χ3n) is 3.34. The van der Waals surface area contributed by atoms with Crippen LogP contribution in [-0.4, -0.2) is 20.9 Å². The van der Waals surface area contributed by atoms with Crippen molar-refractivity contribution in [3.8, 4) is 0 Å². The highest BCUT2D eigenvalue weighted by molar-refractivity contribution is 7.92. The summed E-state index contributed by atoms with van der Waals surface area (Å²) in [6.07, 6.45) is 1.87. The molecule has 7 heteroatoms. The van der Waals surface area contributed by atoms with Crippen LogP contribution < -0.4 is 10.0 Å². The highest BCUT2D eigenvalue weighted by Crippen LogP contribution is 2.17. The SMILES string of the molecule is CCCCNC(=O)c1ccc(S(=O)(=O)Nc2ccc(F)cc2)cc1. The van der Waals surface area contributed by atoms with Crippen molar-refractivity contribution >= 4 is 21.6 Å². The van der Waals surface area contributed by atoms with Crippen molar-refractivity contribution in [1.29, 1.82) is 0 Å². The van der Waals surface area contributed by atoms with E-state index in [0.717, 1.165) is 12.8 Å². The lowest BCUT2D eigenvalue weighted by Gasteiger charge is -2.09. The van der Waals surface area contributed by atoms with Crippen LogP contribution in [0.3, 0.4) is 0 Å². The number of nitrogens with one attached hydrogen (secondary N) is 2. The molecular formula is C17H19FN2O3S. The van der Waals surface area contributed by atoms with E-state index in [1.165, 1.54) is 48.5 Å². The standard InChI is InChI=1S/C17H19FN2O3S/c1-2-3-12-19-17(21)13-4-10-16(11-5-13)24(22,23)20-15-8-6-14(18)7-9-15/h4-11,20H,2-3,12H2,1H3,(H,19,21). The second kappa shape index (κ2) is 7.92. The number of anilines is 1. The monoisotopic (exact) mass is 350 g/mol. The number of hydrogen-bond donors (Lipinski definition) is 2. The Hall–Kier alpha value is -2.41. The summed E-state index contributed by atoms with van der Waals surface area (Å²) in [6, 6.07) is 10.6. The second-order valence-corrected chi connectivity index (χ2v) is 6.93. The van der Waals surface area contributed by atoms with Gasteiger partial charge in [0.05, 0.1) is 4.90 Å². The quantitative estimate of drug-likeness (QED) is 0.753. The zero-order chi connectivity index (χ0) is 17.6. The molecule has 2 N–H and O–H groups in total. The minimum absolute atomic E-state index is 0.0249. The van der Waals surface area contributed by atoms with E-state index >= 15 is 0 Å². The topological polar surface area (TPSA) is 75.3 Å². The number of benzene rings is 2. The summed E-state index contributed by atoms with van der Waals surface area (Å²) in [5.41, 5.74) is 0.657. The number of carbonyl (C=O) groups is 1. The molecule has 0 spiro atoms. The van der Waals surface area contributed by atoms with Gasteiger partial charge in [0.25, 0.3) is 15.9 Å². The Labute approximate surface area is 141 Å². The largest absolute Gasteiger partial charge is 0.352 e. The van der Waals surface area contributed by atoms with Gasteiger partial charge in [-0.25, -0.2) is 12.8 Å². The van der Waals surface area contributed by atoms with Crippen LogP contribution in [0, 0.1) is 5.82 Å². The highest BCUT2D eigenvalue weighted by Gasteiger charge is 2.15. The van der Waals surface area contributed by atoms with Gasteiger partial charge in [0.1, 0.15) is 5.82 Å². The Morgan fingerprint density at radius 2 is 1.67 bits per heavy atom. The van der Waals surface area contributed by atoms with Gasteiger partial charge in [-0.1, -0.05) is 13.3 Å². The lowest BCUT2D eigenvalue weighted by atomic mass is 10.2. The first-order valence-electron chi connectivity index (χ1n) is 7.59. The molecular weight excluding hydrogens is 331 g/mol. The van der Waals surface area contributed by atoms with E-state index in [4.69, 9.17) is 0 Å². The van der Waals surface area contributed by atoms with Crippen LogP contribution in [0.4, 0.5) is 10.1 Å². The average Bonchev–Trinajstić information content (AvgIpc) is 2.57. The molecule has 0 radical (unpaired) electrons. The highest BCUT2D eigenvalue weighted by atomic mass is 32.2. The number of carbonyl (C=O) groups excluding carboxylic acids is 1. The molecule has 5 nitrogen and oxygen atoms in total. The smallest absolute Gasteiger partial charge is 0.261 e. The Morgan fingerprint density at radius 3 is 2.25 bits per heavy atom. The van der Waals surface area contributed by atoms with Crippen LogP contribution in [0.15, 0.2) is 53.4 Å². The first-order valence-corrected chi connectivity index (χ1v) is 9.07. The molecule has 0 saturated heterocycles. The molecule has 0 fully saturated rings. The molecule has 0 heterocycles. The molecule has 0 aliphatic rings. The normalized spacial score (nSPS) is 11.1. The molecule has 0 unspecified atom stereocenters. The van der Waals surface area contributed by atoms with E-state index in [0.29, 0.717) is 12.1 Å². The first kappa shape index (κ1) is 17.9. The maximum atomic E-state index is 12.9. The van der Waals surface area contributed by atoms with Crippen LogP contribution in [0.5, 0.6) is 0 Å². The Balaban J connectivity index is 2.08. The maximum absolute atomic E-state index is 12.9. The summed E-state index contributed by atoms with van der Waals surface area (Å²) in [7, 11) is -3.79. The molecule has 0 aliphatic carbocycles. The molecule has 0 saturated carbocycles. The van der Waals surface area contributed by atoms with E-state index in [9.17, 15) is 17.6 Å². The number of unbranched alkanes of at least 4 members (excludes halogenated alkanes) is 1. The fourth-order valence-electron chi connectivity index (χ4n) is 2.00. The Bertz CT molecular complexity index is 788. The molecule has 0 bridgehead atoms. The fourth-order valence-corrected chi connectivity index (χ4v) is 3.06. The van der Waals surface area contributed by atoms with Crippen LogP contribution >= 0.6 is 0 Å². The lowest BCUT2D eigenvalue weighted by molar-refractivity contribution is 0.0953. The van der Waals surface area contributed by atoms with Gasteiger partial charge in [0, 0.05) is 17.8 Å². The van der Waals surface area contributed by atoms with Crippen LogP contribution in [0.25, 0.3) is 0 Å². The zero-order valence-electron chi connectivity index (χ0n) is 13.3. The van der Waals surface area contributed by atoms with Gasteiger partial charge in [-0.05, 0) is 55.0 Å². The number of halogens is 1. The van der Waals surface area contributed by atoms with Crippen LogP contribution in [0.1, 0.15) is 30.1 Å². The van der Waals surface area contributed by atoms with Crippen molar-refractivity contribution in [3.63, 3.8) is 0 Å². The summed E-state index contributed by atoms with van der Waals surface area (Å²) < 4.78 is 39.8. The Morgan fingerprint density at radius 1 is 1.04 bits per heavy atom. The Kier molecular flexibility index (Phi) is 5.92. The molecule has 2 aromatic carbocycles. The van der Waals surface area contributed by atoms with E-state index in [-0.39, 0.29) is 16.5 Å². The molecule has 2 rings (SSSR count). The van der Waals surface area contributed by atoms with Gasteiger partial charge < -0.3 is 5.32 Å². The lowest BCUT2D eigenvalue weighted by Crippen LogP contribution is -2.24. The van der Waals surface area contributed by atoms with Crippen LogP contribution in [0.2, 0.25) is 0 Å². The first-order chi connectivity index (χ1) is 11.4. The summed E-state index contributed by atoms with van der Waals surface area (Å²) in [5, 5.41) is 2.76. The van der Waals surface area contributed by atoms with Gasteiger partial charge in [-0.2, -0.15) is 0 Å². The predicted octanol–water partition coefficient (Wildman–Crippen LogP) is 3.16. The van der Waals surface area contributed by atoms with Crippen molar-refractivity contribution < 1.29 is 17.6 Å². The molecule has 1 amide bonds. The van der Waals surface area contributed by atoms with E-state index in [1.807, 2.05) is 6.92 Å². The fraction of sp³-hybridized carbons (Fsp3) is 0.235. The van der Waals surface area contributed by atoms with Gasteiger partial charge >= 0.3 is 0 Å². The summed E-state index contributed by atoms with van der Waals surface area (Å²) in [5.74, 6) is -0.685. The molecule has 24 heavy (non-hydrogen) atoms. The average molecular weight is 350 g/mol. The van der Waals surface area contributed by atoms with Crippen molar-refractivity contribution in [1.82, 2.24) is 5.32 Å². The maximum Gasteiger partial charge on any atom is 0.261 e. The predicted molar refractivity (Wildman–Crippen MR) is 90.9 cm³/mol. The summed E-state index contributed by atoms with van der Waals surface area (Å²) in [4.78, 5) is 11.9. The molecule has 0 aromatic heterocycles. The van der Waals surface area contributed by atoms with Gasteiger partial charge in [-0.15, -0.1) is 0 Å². The van der Waals surface area contributed by atoms with E-state index < -0.39 is 15.8 Å². The van der Waals surface area contributed by atoms with Crippen molar-refractivity contribution in [2.75, 3.05) is 11.3 Å². The zero-order valence-corrected chi connectivity index (χ0v) is 14.1. The second-order valence-electron chi connectivity index (χ2n) is 5.25. The van der Waals surface area contributed by atoms with Gasteiger partial charge in [0.15, 0.2) is 0 Å². The van der Waals surface area contributed by atoms with Gasteiger partial charge in [0.2, 0.25) is 0 Å². The molecule has 128 valence electrons. The van der Waals surface area contributed by atoms with Crippen molar-refractivity contribution in [2.45, 2.75) is 24.7 Å².